The van der Waals surface area contributed by atoms with E-state index >= 15 is 0 Å². The van der Waals surface area contributed by atoms with Crippen molar-refractivity contribution < 1.29 is 9.53 Å². The number of amides is 1. The van der Waals surface area contributed by atoms with Crippen LogP contribution in [-0.4, -0.2) is 36.2 Å². The molecule has 5 nitrogen and oxygen atoms in total. The Hall–Kier alpha value is -0.980. The molecule has 0 unspecified atom stereocenters. The number of carbonyl (C=O) groups excluding carboxylic acids is 1. The third-order valence-electron chi connectivity index (χ3n) is 2.23. The first-order valence-corrected chi connectivity index (χ1v) is 5.60. The van der Waals surface area contributed by atoms with Gasteiger partial charge in [0.25, 0.3) is 5.91 Å². The van der Waals surface area contributed by atoms with Crippen LogP contribution in [-0.2, 0) is 9.53 Å². The van der Waals surface area contributed by atoms with Gasteiger partial charge in [-0.25, -0.2) is 4.98 Å². The molecule has 1 fully saturated rings. The van der Waals surface area contributed by atoms with Crippen LogP contribution in [0.25, 0.3) is 0 Å². The van der Waals surface area contributed by atoms with Crippen molar-refractivity contribution >= 4 is 22.4 Å². The van der Waals surface area contributed by atoms with Gasteiger partial charge in [0.15, 0.2) is 5.13 Å². The van der Waals surface area contributed by atoms with E-state index in [4.69, 9.17) is 4.74 Å². The van der Waals surface area contributed by atoms with Gasteiger partial charge in [0.2, 0.25) is 0 Å². The summed E-state index contributed by atoms with van der Waals surface area (Å²) in [5, 5.41) is 8.19. The number of nitrogens with one attached hydrogen (secondary N) is 2. The normalized spacial score (nSPS) is 18.2. The van der Waals surface area contributed by atoms with Crippen LogP contribution in [0.2, 0.25) is 0 Å². The summed E-state index contributed by atoms with van der Waals surface area (Å²) in [7, 11) is 0. The SMILES string of the molecule is CC1(OCC(=O)Nc2nccs2)CNC1. The van der Waals surface area contributed by atoms with Crippen molar-refractivity contribution in [3.05, 3.63) is 11.6 Å². The molecule has 1 aromatic heterocycles. The van der Waals surface area contributed by atoms with Crippen LogP contribution in [0.4, 0.5) is 5.13 Å². The van der Waals surface area contributed by atoms with E-state index in [2.05, 4.69) is 15.6 Å². The molecule has 1 saturated heterocycles. The Morgan fingerprint density at radius 2 is 2.60 bits per heavy atom. The Balaban J connectivity index is 1.73. The molecule has 1 amide bonds. The van der Waals surface area contributed by atoms with E-state index < -0.39 is 0 Å². The Bertz CT molecular complexity index is 335. The van der Waals surface area contributed by atoms with Crippen molar-refractivity contribution in [2.75, 3.05) is 25.0 Å². The van der Waals surface area contributed by atoms with Gasteiger partial charge in [-0.15, -0.1) is 11.3 Å². The lowest BCUT2D eigenvalue weighted by Gasteiger charge is -2.38. The van der Waals surface area contributed by atoms with Gasteiger partial charge < -0.3 is 10.1 Å². The molecular weight excluding hydrogens is 214 g/mol. The van der Waals surface area contributed by atoms with Crippen LogP contribution in [0, 0.1) is 0 Å². The van der Waals surface area contributed by atoms with E-state index in [1.807, 2.05) is 12.3 Å². The fraction of sp³-hybridized carbons (Fsp3) is 0.556. The molecule has 0 aliphatic carbocycles. The average molecular weight is 227 g/mol. The summed E-state index contributed by atoms with van der Waals surface area (Å²) < 4.78 is 5.48. The second-order valence-corrected chi connectivity index (χ2v) is 4.62. The molecule has 15 heavy (non-hydrogen) atoms. The summed E-state index contributed by atoms with van der Waals surface area (Å²) in [6.45, 7) is 3.67. The van der Waals surface area contributed by atoms with Gasteiger partial charge in [0.1, 0.15) is 6.61 Å². The molecule has 0 spiro atoms. The molecule has 0 bridgehead atoms. The molecule has 1 aliphatic rings. The Morgan fingerprint density at radius 1 is 1.80 bits per heavy atom. The van der Waals surface area contributed by atoms with Gasteiger partial charge >= 0.3 is 0 Å². The molecule has 1 aliphatic heterocycles. The fourth-order valence-corrected chi connectivity index (χ4v) is 1.80. The minimum Gasteiger partial charge on any atom is -0.363 e. The third kappa shape index (κ3) is 2.74. The van der Waals surface area contributed by atoms with Crippen molar-refractivity contribution in [3.63, 3.8) is 0 Å². The first-order valence-electron chi connectivity index (χ1n) is 4.72. The van der Waals surface area contributed by atoms with E-state index in [9.17, 15) is 4.79 Å². The highest BCUT2D eigenvalue weighted by Gasteiger charge is 2.32. The second kappa shape index (κ2) is 4.26. The smallest absolute Gasteiger partial charge is 0.252 e. The second-order valence-electron chi connectivity index (χ2n) is 3.73. The summed E-state index contributed by atoms with van der Waals surface area (Å²) in [6, 6.07) is 0. The summed E-state index contributed by atoms with van der Waals surface area (Å²) in [6.07, 6.45) is 1.65. The molecule has 0 radical (unpaired) electrons. The van der Waals surface area contributed by atoms with E-state index in [1.165, 1.54) is 11.3 Å². The molecule has 0 atom stereocenters. The number of carbonyl (C=O) groups is 1. The van der Waals surface area contributed by atoms with E-state index in [-0.39, 0.29) is 18.1 Å². The van der Waals surface area contributed by atoms with Gasteiger partial charge in [0, 0.05) is 24.7 Å². The van der Waals surface area contributed by atoms with Crippen LogP contribution in [0.5, 0.6) is 0 Å². The number of anilines is 1. The number of nitrogens with zero attached hydrogens (tertiary/aromatic N) is 1. The van der Waals surface area contributed by atoms with Crippen molar-refractivity contribution in [1.29, 1.82) is 0 Å². The maximum atomic E-state index is 11.4. The molecule has 2 N–H and O–H groups in total. The highest BCUT2D eigenvalue weighted by molar-refractivity contribution is 7.13. The number of hydrogen-bond acceptors (Lipinski definition) is 5. The number of hydrogen-bond donors (Lipinski definition) is 2. The Labute approximate surface area is 91.9 Å². The van der Waals surface area contributed by atoms with E-state index in [0.29, 0.717) is 5.13 Å². The first kappa shape index (κ1) is 10.5. The molecule has 2 rings (SSSR count). The van der Waals surface area contributed by atoms with Gasteiger partial charge in [-0.2, -0.15) is 0 Å². The zero-order valence-corrected chi connectivity index (χ0v) is 9.26. The number of ether oxygens (including phenoxy) is 1. The lowest BCUT2D eigenvalue weighted by molar-refractivity contribution is -0.130. The minimum absolute atomic E-state index is 0.0811. The highest BCUT2D eigenvalue weighted by atomic mass is 32.1. The van der Waals surface area contributed by atoms with Crippen molar-refractivity contribution in [1.82, 2.24) is 10.3 Å². The largest absolute Gasteiger partial charge is 0.363 e. The maximum Gasteiger partial charge on any atom is 0.252 e. The third-order valence-corrected chi connectivity index (χ3v) is 2.92. The van der Waals surface area contributed by atoms with Crippen LogP contribution in [0.3, 0.4) is 0 Å². The number of rotatable bonds is 4. The van der Waals surface area contributed by atoms with Crippen molar-refractivity contribution in [2.45, 2.75) is 12.5 Å². The molecule has 2 heterocycles. The quantitative estimate of drug-likeness (QED) is 0.784. The topological polar surface area (TPSA) is 63.2 Å². The average Bonchev–Trinajstić information content (AvgIpc) is 2.64. The number of aromatic nitrogens is 1. The minimum atomic E-state index is -0.180. The standard InChI is InChI=1S/C9H13N3O2S/c1-9(5-10-6-9)14-4-7(13)12-8-11-2-3-15-8/h2-3,10H,4-6H2,1H3,(H,11,12,13). The summed E-state index contributed by atoms with van der Waals surface area (Å²) >= 11 is 1.39. The molecule has 0 aromatic carbocycles. The summed E-state index contributed by atoms with van der Waals surface area (Å²) in [5.74, 6) is -0.155. The molecule has 0 saturated carbocycles. The molecule has 82 valence electrons. The van der Waals surface area contributed by atoms with E-state index in [0.717, 1.165) is 13.1 Å². The zero-order chi connectivity index (χ0) is 10.7. The van der Waals surface area contributed by atoms with Crippen molar-refractivity contribution in [3.8, 4) is 0 Å². The van der Waals surface area contributed by atoms with Crippen LogP contribution in [0.1, 0.15) is 6.92 Å². The van der Waals surface area contributed by atoms with Crippen LogP contribution in [0.15, 0.2) is 11.6 Å². The first-order chi connectivity index (χ1) is 7.18. The maximum absolute atomic E-state index is 11.4. The summed E-state index contributed by atoms with van der Waals surface area (Å²) in [4.78, 5) is 15.4. The fourth-order valence-electron chi connectivity index (χ4n) is 1.26. The van der Waals surface area contributed by atoms with Gasteiger partial charge in [-0.1, -0.05) is 0 Å². The summed E-state index contributed by atoms with van der Waals surface area (Å²) in [5.41, 5.74) is -0.180. The van der Waals surface area contributed by atoms with Crippen LogP contribution < -0.4 is 10.6 Å². The lowest BCUT2D eigenvalue weighted by Crippen LogP contribution is -2.59. The molecule has 6 heteroatoms. The van der Waals surface area contributed by atoms with Crippen LogP contribution >= 0.6 is 11.3 Å². The van der Waals surface area contributed by atoms with E-state index in [1.54, 1.807) is 6.20 Å². The lowest BCUT2D eigenvalue weighted by atomic mass is 10.0. The predicted molar refractivity (Wildman–Crippen MR) is 58.0 cm³/mol. The van der Waals surface area contributed by atoms with Gasteiger partial charge in [-0.05, 0) is 6.92 Å². The van der Waals surface area contributed by atoms with Gasteiger partial charge in [0.05, 0.1) is 5.60 Å². The molecule has 1 aromatic rings. The Kier molecular flexibility index (Phi) is 2.99. The number of thiazole rings is 1. The zero-order valence-electron chi connectivity index (χ0n) is 8.45. The Morgan fingerprint density at radius 3 is 3.13 bits per heavy atom. The molecular formula is C9H13N3O2S. The predicted octanol–water partition coefficient (Wildman–Crippen LogP) is 0.460. The van der Waals surface area contributed by atoms with Crippen molar-refractivity contribution in [2.24, 2.45) is 0 Å². The highest BCUT2D eigenvalue weighted by Crippen LogP contribution is 2.15. The monoisotopic (exact) mass is 227 g/mol. The van der Waals surface area contributed by atoms with Gasteiger partial charge in [-0.3, -0.25) is 10.1 Å².